The first-order valence-corrected chi connectivity index (χ1v) is 13.3. The number of ether oxygens (including phenoxy) is 1. The molecule has 1 aliphatic rings. The monoisotopic (exact) mass is 476 g/mol. The number of thioether (sulfide) groups is 1. The average molecular weight is 477 g/mol. The lowest BCUT2D eigenvalue weighted by Crippen LogP contribution is -2.41. The van der Waals surface area contributed by atoms with E-state index < -0.39 is 12.1 Å². The molecule has 0 aliphatic carbocycles. The van der Waals surface area contributed by atoms with Gasteiger partial charge in [0.1, 0.15) is 11.9 Å². The average Bonchev–Trinajstić information content (AvgIpc) is 2.83. The van der Waals surface area contributed by atoms with E-state index in [9.17, 15) is 9.90 Å². The summed E-state index contributed by atoms with van der Waals surface area (Å²) in [6.07, 6.45) is 4.86. The van der Waals surface area contributed by atoms with Crippen LogP contribution in [0, 0.1) is 11.8 Å². The van der Waals surface area contributed by atoms with Crippen LogP contribution in [0.1, 0.15) is 57.2 Å². The molecule has 182 valence electrons. The Morgan fingerprint density at radius 2 is 2.18 bits per heavy atom. The predicted octanol–water partition coefficient (Wildman–Crippen LogP) is 5.98. The Morgan fingerprint density at radius 3 is 2.94 bits per heavy atom. The Hall–Kier alpha value is -1.86. The van der Waals surface area contributed by atoms with Crippen LogP contribution in [0.15, 0.2) is 30.5 Å². The fourth-order valence-corrected chi connectivity index (χ4v) is 5.59. The van der Waals surface area contributed by atoms with E-state index in [-0.39, 0.29) is 6.42 Å². The van der Waals surface area contributed by atoms with Gasteiger partial charge in [-0.3, -0.25) is 9.78 Å². The number of carboxylic acid groups (broad SMARTS) is 1. The number of benzene rings is 1. The number of hydrogen-bond donors (Lipinski definition) is 1. The maximum absolute atomic E-state index is 15.4. The first-order chi connectivity index (χ1) is 16.0. The molecule has 2 heterocycles. The van der Waals surface area contributed by atoms with Gasteiger partial charge in [-0.05, 0) is 98.4 Å². The summed E-state index contributed by atoms with van der Waals surface area (Å²) < 4.78 is 20.8. The fraction of sp³-hybridized carbons (Fsp3) is 0.615. The van der Waals surface area contributed by atoms with Gasteiger partial charge in [0.05, 0.1) is 12.6 Å². The standard InChI is InChI=1S/C26H37FN2O3S/c1-3-33-16-4-14-29-15-12-19(20(18-29)6-10-26(30)31)5-8-24(27)22-11-13-28-25-9-7-21(32-2)17-23(22)25/h7,9,11,13,17,19-20,24H,3-6,8,10,12,14-16,18H2,1-2H3,(H,30,31)/t19-,20-,24-/m1/s1. The SMILES string of the molecule is CCSCCCN1CC[C@@H](CC[C@@H](F)c2ccnc3ccc(OC)cc23)[C@H](CCC(=O)O)C1. The van der Waals surface area contributed by atoms with E-state index >= 15 is 4.39 Å². The van der Waals surface area contributed by atoms with Gasteiger partial charge in [-0.15, -0.1) is 0 Å². The van der Waals surface area contributed by atoms with Crippen molar-refractivity contribution < 1.29 is 19.0 Å². The van der Waals surface area contributed by atoms with Crippen LogP contribution in [-0.4, -0.2) is 59.2 Å². The summed E-state index contributed by atoms with van der Waals surface area (Å²) in [5.74, 6) is 2.95. The van der Waals surface area contributed by atoms with Crippen molar-refractivity contribution in [2.45, 2.75) is 51.6 Å². The number of fused-ring (bicyclic) bond motifs is 1. The van der Waals surface area contributed by atoms with Crippen LogP contribution in [0.25, 0.3) is 10.9 Å². The summed E-state index contributed by atoms with van der Waals surface area (Å²) >= 11 is 1.97. The lowest BCUT2D eigenvalue weighted by atomic mass is 9.79. The third-order valence-electron chi connectivity index (χ3n) is 6.78. The third-order valence-corrected chi connectivity index (χ3v) is 7.77. The molecular weight excluding hydrogens is 439 g/mol. The second kappa shape index (κ2) is 13.1. The molecule has 33 heavy (non-hydrogen) atoms. The normalized spacial score (nSPS) is 20.1. The number of methoxy groups -OCH3 is 1. The van der Waals surface area contributed by atoms with E-state index in [1.165, 1.54) is 12.2 Å². The van der Waals surface area contributed by atoms with Gasteiger partial charge in [0.2, 0.25) is 0 Å². The highest BCUT2D eigenvalue weighted by Gasteiger charge is 2.30. The number of hydrogen-bond acceptors (Lipinski definition) is 5. The van der Waals surface area contributed by atoms with Crippen LogP contribution in [-0.2, 0) is 4.79 Å². The minimum absolute atomic E-state index is 0.189. The van der Waals surface area contributed by atoms with Gasteiger partial charge < -0.3 is 14.7 Å². The largest absolute Gasteiger partial charge is 0.497 e. The van der Waals surface area contributed by atoms with Crippen LogP contribution >= 0.6 is 11.8 Å². The number of aromatic nitrogens is 1. The summed E-state index contributed by atoms with van der Waals surface area (Å²) in [7, 11) is 1.61. The van der Waals surface area contributed by atoms with E-state index in [2.05, 4.69) is 16.8 Å². The van der Waals surface area contributed by atoms with E-state index in [4.69, 9.17) is 4.74 Å². The van der Waals surface area contributed by atoms with Crippen LogP contribution in [0.2, 0.25) is 0 Å². The van der Waals surface area contributed by atoms with Gasteiger partial charge >= 0.3 is 5.97 Å². The summed E-state index contributed by atoms with van der Waals surface area (Å²) in [5, 5.41) is 10.0. The van der Waals surface area contributed by atoms with Crippen molar-refractivity contribution in [3.05, 3.63) is 36.0 Å². The molecule has 1 saturated heterocycles. The minimum atomic E-state index is -1.08. The number of piperidine rings is 1. The number of alkyl halides is 1. The summed E-state index contributed by atoms with van der Waals surface area (Å²) in [4.78, 5) is 18.1. The van der Waals surface area contributed by atoms with Crippen molar-refractivity contribution in [2.75, 3.05) is 38.2 Å². The van der Waals surface area contributed by atoms with Gasteiger partial charge in [-0.25, -0.2) is 4.39 Å². The maximum Gasteiger partial charge on any atom is 0.303 e. The van der Waals surface area contributed by atoms with E-state index in [1.807, 2.05) is 30.0 Å². The van der Waals surface area contributed by atoms with Crippen LogP contribution in [0.4, 0.5) is 4.39 Å². The Kier molecular flexibility index (Phi) is 10.3. The highest BCUT2D eigenvalue weighted by molar-refractivity contribution is 7.99. The van der Waals surface area contributed by atoms with Gasteiger partial charge in [0.25, 0.3) is 0 Å². The Morgan fingerprint density at radius 1 is 1.33 bits per heavy atom. The number of pyridine rings is 1. The van der Waals surface area contributed by atoms with E-state index in [1.54, 1.807) is 19.4 Å². The molecule has 0 amide bonds. The minimum Gasteiger partial charge on any atom is -0.497 e. The van der Waals surface area contributed by atoms with Gasteiger partial charge in [0, 0.05) is 24.5 Å². The van der Waals surface area contributed by atoms with Crippen molar-refractivity contribution in [1.82, 2.24) is 9.88 Å². The second-order valence-electron chi connectivity index (χ2n) is 8.92. The number of nitrogens with zero attached hydrogens (tertiary/aromatic N) is 2. The predicted molar refractivity (Wildman–Crippen MR) is 134 cm³/mol. The Bertz CT molecular complexity index is 897. The van der Waals surface area contributed by atoms with Gasteiger partial charge in [-0.1, -0.05) is 6.92 Å². The van der Waals surface area contributed by atoms with Gasteiger partial charge in [0.15, 0.2) is 0 Å². The number of aliphatic carboxylic acids is 1. The lowest BCUT2D eigenvalue weighted by molar-refractivity contribution is -0.137. The number of carboxylic acids is 1. The second-order valence-corrected chi connectivity index (χ2v) is 10.3. The zero-order valence-electron chi connectivity index (χ0n) is 19.8. The smallest absolute Gasteiger partial charge is 0.303 e. The highest BCUT2D eigenvalue weighted by Crippen LogP contribution is 2.36. The fourth-order valence-electron chi connectivity index (χ4n) is 4.97. The summed E-state index contributed by atoms with van der Waals surface area (Å²) in [6, 6.07) is 7.33. The quantitative estimate of drug-likeness (QED) is 0.359. The Labute approximate surface area is 201 Å². The molecule has 1 fully saturated rings. The van der Waals surface area contributed by atoms with Gasteiger partial charge in [-0.2, -0.15) is 11.8 Å². The van der Waals surface area contributed by atoms with Crippen molar-refractivity contribution in [2.24, 2.45) is 11.8 Å². The molecule has 1 aliphatic heterocycles. The van der Waals surface area contributed by atoms with Crippen molar-refractivity contribution >= 4 is 28.6 Å². The van der Waals surface area contributed by atoms with Crippen LogP contribution in [0.5, 0.6) is 5.75 Å². The first-order valence-electron chi connectivity index (χ1n) is 12.1. The lowest BCUT2D eigenvalue weighted by Gasteiger charge is -2.39. The molecule has 0 spiro atoms. The molecule has 3 atom stereocenters. The molecule has 0 saturated carbocycles. The molecule has 5 nitrogen and oxygen atoms in total. The molecule has 1 aromatic heterocycles. The van der Waals surface area contributed by atoms with E-state index in [0.29, 0.717) is 36.0 Å². The summed E-state index contributed by atoms with van der Waals surface area (Å²) in [5.41, 5.74) is 1.43. The van der Waals surface area contributed by atoms with Crippen molar-refractivity contribution in [3.8, 4) is 5.75 Å². The summed E-state index contributed by atoms with van der Waals surface area (Å²) in [6.45, 7) is 5.21. The molecule has 2 aromatic rings. The number of carbonyl (C=O) groups is 1. The maximum atomic E-state index is 15.4. The van der Waals surface area contributed by atoms with Crippen LogP contribution in [0.3, 0.4) is 0 Å². The molecular formula is C26H37FN2O3S. The first kappa shape index (κ1) is 25.8. The zero-order chi connectivity index (χ0) is 23.6. The Balaban J connectivity index is 1.62. The molecule has 1 N–H and O–H groups in total. The number of likely N-dealkylation sites (tertiary alicyclic amines) is 1. The number of rotatable bonds is 13. The highest BCUT2D eigenvalue weighted by atomic mass is 32.2. The molecule has 3 rings (SSSR count). The molecule has 0 unspecified atom stereocenters. The number of halogens is 1. The molecule has 7 heteroatoms. The molecule has 0 bridgehead atoms. The zero-order valence-corrected chi connectivity index (χ0v) is 20.7. The van der Waals surface area contributed by atoms with Crippen molar-refractivity contribution in [1.29, 1.82) is 0 Å². The third kappa shape index (κ3) is 7.57. The topological polar surface area (TPSA) is 62.7 Å². The van der Waals surface area contributed by atoms with E-state index in [0.717, 1.165) is 49.1 Å². The molecule has 1 aromatic carbocycles. The molecule has 0 radical (unpaired) electrons. The van der Waals surface area contributed by atoms with Crippen LogP contribution < -0.4 is 4.74 Å². The van der Waals surface area contributed by atoms with Crippen molar-refractivity contribution in [3.63, 3.8) is 0 Å².